The summed E-state index contributed by atoms with van der Waals surface area (Å²) in [5.74, 6) is -0.465. The van der Waals surface area contributed by atoms with E-state index in [1.165, 1.54) is 0 Å². The van der Waals surface area contributed by atoms with E-state index in [4.69, 9.17) is 5.73 Å². The molecule has 2 amide bonds. The largest absolute Gasteiger partial charge is 0.368 e. The zero-order valence-electron chi connectivity index (χ0n) is 9.54. The minimum atomic E-state index is -0.509. The van der Waals surface area contributed by atoms with Gasteiger partial charge in [-0.3, -0.25) is 9.59 Å². The van der Waals surface area contributed by atoms with Gasteiger partial charge in [0.05, 0.1) is 0 Å². The molecule has 0 aliphatic carbocycles. The van der Waals surface area contributed by atoms with Gasteiger partial charge in [0.2, 0.25) is 11.8 Å². The number of nitrogens with zero attached hydrogens (tertiary/aromatic N) is 1. The fourth-order valence-corrected chi connectivity index (χ4v) is 1.63. The van der Waals surface area contributed by atoms with Gasteiger partial charge < -0.3 is 16.0 Å². The molecular weight excluding hydrogens is 194 g/mol. The fourth-order valence-electron chi connectivity index (χ4n) is 1.63. The summed E-state index contributed by atoms with van der Waals surface area (Å²) in [6.45, 7) is 7.24. The standard InChI is InChI=1S/C10H19N3O2/c1-10(2,3)9(15)13-5-4-12-6-7(13)8(11)14/h7,12H,4-6H2,1-3H3,(H2,11,14). The number of hydrogen-bond acceptors (Lipinski definition) is 3. The number of primary amides is 1. The van der Waals surface area contributed by atoms with Crippen LogP contribution in [0.1, 0.15) is 20.8 Å². The van der Waals surface area contributed by atoms with Gasteiger partial charge in [0, 0.05) is 25.0 Å². The van der Waals surface area contributed by atoms with E-state index in [0.717, 1.165) is 0 Å². The molecule has 0 bridgehead atoms. The van der Waals surface area contributed by atoms with E-state index in [-0.39, 0.29) is 5.91 Å². The molecule has 1 unspecified atom stereocenters. The lowest BCUT2D eigenvalue weighted by Gasteiger charge is -2.37. The van der Waals surface area contributed by atoms with Crippen molar-refractivity contribution in [2.24, 2.45) is 11.1 Å². The number of piperazine rings is 1. The first-order chi connectivity index (χ1) is 6.84. The molecule has 86 valence electrons. The molecule has 1 atom stereocenters. The van der Waals surface area contributed by atoms with Crippen molar-refractivity contribution in [2.45, 2.75) is 26.8 Å². The average Bonchev–Trinajstić information content (AvgIpc) is 2.15. The average molecular weight is 213 g/mol. The number of hydrogen-bond donors (Lipinski definition) is 2. The minimum Gasteiger partial charge on any atom is -0.368 e. The summed E-state index contributed by atoms with van der Waals surface area (Å²) in [5.41, 5.74) is 4.80. The number of carbonyl (C=O) groups is 2. The first-order valence-corrected chi connectivity index (χ1v) is 5.15. The van der Waals surface area contributed by atoms with Crippen LogP contribution >= 0.6 is 0 Å². The van der Waals surface area contributed by atoms with Crippen LogP contribution in [0, 0.1) is 5.41 Å². The highest BCUT2D eigenvalue weighted by atomic mass is 16.2. The van der Waals surface area contributed by atoms with E-state index in [0.29, 0.717) is 19.6 Å². The van der Waals surface area contributed by atoms with Crippen LogP contribution in [0.25, 0.3) is 0 Å². The molecule has 1 heterocycles. The molecule has 1 aliphatic rings. The highest BCUT2D eigenvalue weighted by molar-refractivity contribution is 5.89. The monoisotopic (exact) mass is 213 g/mol. The topological polar surface area (TPSA) is 75.4 Å². The van der Waals surface area contributed by atoms with Gasteiger partial charge in [-0.05, 0) is 0 Å². The van der Waals surface area contributed by atoms with Crippen molar-refractivity contribution in [3.63, 3.8) is 0 Å². The van der Waals surface area contributed by atoms with Crippen molar-refractivity contribution in [2.75, 3.05) is 19.6 Å². The van der Waals surface area contributed by atoms with E-state index in [2.05, 4.69) is 5.32 Å². The Labute approximate surface area is 90.0 Å². The predicted octanol–water partition coefficient (Wildman–Crippen LogP) is -0.682. The third-order valence-corrected chi connectivity index (χ3v) is 2.47. The Kier molecular flexibility index (Phi) is 3.34. The molecule has 0 aromatic rings. The maximum atomic E-state index is 12.0. The van der Waals surface area contributed by atoms with Gasteiger partial charge in [-0.15, -0.1) is 0 Å². The molecular formula is C10H19N3O2. The number of nitrogens with one attached hydrogen (secondary N) is 1. The van der Waals surface area contributed by atoms with E-state index in [1.54, 1.807) is 4.90 Å². The van der Waals surface area contributed by atoms with Gasteiger partial charge in [-0.1, -0.05) is 20.8 Å². The Morgan fingerprint density at radius 3 is 2.47 bits per heavy atom. The summed E-state index contributed by atoms with van der Waals surface area (Å²) in [4.78, 5) is 24.8. The van der Waals surface area contributed by atoms with Crippen molar-refractivity contribution in [3.8, 4) is 0 Å². The summed E-state index contributed by atoms with van der Waals surface area (Å²) >= 11 is 0. The van der Waals surface area contributed by atoms with Gasteiger partial charge >= 0.3 is 0 Å². The first-order valence-electron chi connectivity index (χ1n) is 5.15. The summed E-state index contributed by atoms with van der Waals surface area (Å²) < 4.78 is 0. The maximum absolute atomic E-state index is 12.0. The molecule has 0 spiro atoms. The van der Waals surface area contributed by atoms with E-state index >= 15 is 0 Å². The van der Waals surface area contributed by atoms with Crippen molar-refractivity contribution in [1.29, 1.82) is 0 Å². The van der Waals surface area contributed by atoms with Crippen LogP contribution in [0.2, 0.25) is 0 Å². The number of rotatable bonds is 1. The lowest BCUT2D eigenvalue weighted by Crippen LogP contribution is -2.60. The van der Waals surface area contributed by atoms with Crippen molar-refractivity contribution >= 4 is 11.8 Å². The van der Waals surface area contributed by atoms with Crippen LogP contribution in [0.4, 0.5) is 0 Å². The second-order valence-corrected chi connectivity index (χ2v) is 4.87. The molecule has 1 aliphatic heterocycles. The number of carbonyl (C=O) groups excluding carboxylic acids is 2. The SMILES string of the molecule is CC(C)(C)C(=O)N1CCNCC1C(N)=O. The molecule has 1 saturated heterocycles. The molecule has 1 rings (SSSR count). The number of amides is 2. The predicted molar refractivity (Wildman–Crippen MR) is 57.0 cm³/mol. The summed E-state index contributed by atoms with van der Waals surface area (Å²) in [5, 5.41) is 3.06. The van der Waals surface area contributed by atoms with Crippen LogP contribution in [-0.4, -0.2) is 42.4 Å². The quantitative estimate of drug-likeness (QED) is 0.606. The Hall–Kier alpha value is -1.10. The molecule has 3 N–H and O–H groups in total. The summed E-state index contributed by atoms with van der Waals surface area (Å²) in [7, 11) is 0. The van der Waals surface area contributed by atoms with Crippen LogP contribution in [0.3, 0.4) is 0 Å². The molecule has 0 radical (unpaired) electrons. The molecule has 1 fully saturated rings. The van der Waals surface area contributed by atoms with Crippen LogP contribution in [0.15, 0.2) is 0 Å². The Balaban J connectivity index is 2.81. The maximum Gasteiger partial charge on any atom is 0.241 e. The lowest BCUT2D eigenvalue weighted by atomic mass is 9.93. The molecule has 5 nitrogen and oxygen atoms in total. The molecule has 0 aromatic heterocycles. The van der Waals surface area contributed by atoms with Crippen molar-refractivity contribution in [1.82, 2.24) is 10.2 Å². The molecule has 0 aromatic carbocycles. The van der Waals surface area contributed by atoms with Crippen molar-refractivity contribution in [3.05, 3.63) is 0 Å². The highest BCUT2D eigenvalue weighted by Crippen LogP contribution is 2.19. The van der Waals surface area contributed by atoms with Gasteiger partial charge in [-0.25, -0.2) is 0 Å². The normalized spacial score (nSPS) is 22.6. The molecule has 0 saturated carbocycles. The van der Waals surface area contributed by atoms with Crippen LogP contribution in [-0.2, 0) is 9.59 Å². The van der Waals surface area contributed by atoms with Gasteiger partial charge in [-0.2, -0.15) is 0 Å². The molecule has 15 heavy (non-hydrogen) atoms. The van der Waals surface area contributed by atoms with Crippen LogP contribution < -0.4 is 11.1 Å². The third-order valence-electron chi connectivity index (χ3n) is 2.47. The van der Waals surface area contributed by atoms with Gasteiger partial charge in [0.25, 0.3) is 0 Å². The van der Waals surface area contributed by atoms with E-state index < -0.39 is 17.4 Å². The Morgan fingerprint density at radius 1 is 1.40 bits per heavy atom. The zero-order valence-corrected chi connectivity index (χ0v) is 9.54. The summed E-state index contributed by atoms with van der Waals surface area (Å²) in [6, 6.07) is -0.509. The highest BCUT2D eigenvalue weighted by Gasteiger charge is 2.35. The zero-order chi connectivity index (χ0) is 11.6. The Bertz CT molecular complexity index is 270. The fraction of sp³-hybridized carbons (Fsp3) is 0.800. The first kappa shape index (κ1) is 12.0. The van der Waals surface area contributed by atoms with Crippen molar-refractivity contribution < 1.29 is 9.59 Å². The second-order valence-electron chi connectivity index (χ2n) is 4.87. The van der Waals surface area contributed by atoms with Gasteiger partial charge in [0.1, 0.15) is 6.04 Å². The second kappa shape index (κ2) is 4.18. The van der Waals surface area contributed by atoms with Gasteiger partial charge in [0.15, 0.2) is 0 Å². The lowest BCUT2D eigenvalue weighted by molar-refractivity contribution is -0.147. The van der Waals surface area contributed by atoms with E-state index in [1.807, 2.05) is 20.8 Å². The Morgan fingerprint density at radius 2 is 2.00 bits per heavy atom. The third kappa shape index (κ3) is 2.68. The molecule has 5 heteroatoms. The smallest absolute Gasteiger partial charge is 0.241 e. The minimum absolute atomic E-state index is 0.0206. The number of nitrogens with two attached hydrogens (primary N) is 1. The summed E-state index contributed by atoms with van der Waals surface area (Å²) in [6.07, 6.45) is 0. The van der Waals surface area contributed by atoms with E-state index in [9.17, 15) is 9.59 Å². The van der Waals surface area contributed by atoms with Crippen LogP contribution in [0.5, 0.6) is 0 Å².